The molecule has 21 heavy (non-hydrogen) atoms. The largest absolute Gasteiger partial charge is 0.399 e. The van der Waals surface area contributed by atoms with Crippen molar-refractivity contribution in [2.24, 2.45) is 0 Å². The van der Waals surface area contributed by atoms with Gasteiger partial charge < -0.3 is 5.73 Å². The van der Waals surface area contributed by atoms with E-state index in [1.54, 1.807) is 23.7 Å². The van der Waals surface area contributed by atoms with Crippen LogP contribution in [0.25, 0.3) is 16.9 Å². The Labute approximate surface area is 122 Å². The minimum absolute atomic E-state index is 0.0482. The van der Waals surface area contributed by atoms with Crippen molar-refractivity contribution < 1.29 is 4.79 Å². The molecule has 5 nitrogen and oxygen atoms in total. The van der Waals surface area contributed by atoms with E-state index >= 15 is 0 Å². The summed E-state index contributed by atoms with van der Waals surface area (Å²) in [5.74, 6) is 0.0482. The van der Waals surface area contributed by atoms with Gasteiger partial charge >= 0.3 is 0 Å². The van der Waals surface area contributed by atoms with Crippen LogP contribution in [0.1, 0.15) is 17.3 Å². The highest BCUT2D eigenvalue weighted by atomic mass is 16.1. The van der Waals surface area contributed by atoms with E-state index in [1.165, 1.54) is 0 Å². The topological polar surface area (TPSA) is 73.8 Å². The lowest BCUT2D eigenvalue weighted by Gasteiger charge is -2.00. The molecule has 0 aliphatic carbocycles. The predicted octanol–water partition coefficient (Wildman–Crippen LogP) is 2.72. The van der Waals surface area contributed by atoms with Gasteiger partial charge in [-0.25, -0.2) is 4.68 Å². The fourth-order valence-electron chi connectivity index (χ4n) is 2.03. The SMILES string of the molecule is CC(=O)c1ccc(-c2cn(-c3ccc(N)cc3)nn2)cc1. The van der Waals surface area contributed by atoms with E-state index in [-0.39, 0.29) is 5.78 Å². The number of hydrogen-bond acceptors (Lipinski definition) is 4. The second-order valence-corrected chi connectivity index (χ2v) is 4.77. The fourth-order valence-corrected chi connectivity index (χ4v) is 2.03. The number of benzene rings is 2. The Hall–Kier alpha value is -2.95. The Morgan fingerprint density at radius 1 is 1.05 bits per heavy atom. The van der Waals surface area contributed by atoms with Crippen LogP contribution < -0.4 is 5.73 Å². The maximum absolute atomic E-state index is 11.3. The van der Waals surface area contributed by atoms with Crippen LogP contribution in [0.3, 0.4) is 0 Å². The van der Waals surface area contributed by atoms with Gasteiger partial charge in [0.05, 0.1) is 11.9 Å². The normalized spacial score (nSPS) is 10.5. The molecule has 0 fully saturated rings. The van der Waals surface area contributed by atoms with Crippen molar-refractivity contribution in [3.8, 4) is 16.9 Å². The Bertz CT molecular complexity index is 773. The number of aromatic nitrogens is 3. The summed E-state index contributed by atoms with van der Waals surface area (Å²) < 4.78 is 1.69. The maximum atomic E-state index is 11.3. The quantitative estimate of drug-likeness (QED) is 0.590. The molecule has 0 atom stereocenters. The first-order chi connectivity index (χ1) is 10.1. The molecule has 104 valence electrons. The van der Waals surface area contributed by atoms with Crippen LogP contribution in [0.4, 0.5) is 5.69 Å². The molecule has 0 unspecified atom stereocenters. The summed E-state index contributed by atoms with van der Waals surface area (Å²) in [4.78, 5) is 11.3. The van der Waals surface area contributed by atoms with Gasteiger partial charge in [-0.3, -0.25) is 4.79 Å². The second-order valence-electron chi connectivity index (χ2n) is 4.77. The third kappa shape index (κ3) is 2.67. The number of anilines is 1. The molecule has 0 aliphatic heterocycles. The molecule has 1 heterocycles. The molecular formula is C16H14N4O. The molecule has 0 amide bonds. The van der Waals surface area contributed by atoms with E-state index in [0.29, 0.717) is 11.3 Å². The third-order valence-corrected chi connectivity index (χ3v) is 3.24. The van der Waals surface area contributed by atoms with E-state index < -0.39 is 0 Å². The van der Waals surface area contributed by atoms with Gasteiger partial charge in [-0.1, -0.05) is 29.5 Å². The van der Waals surface area contributed by atoms with E-state index in [2.05, 4.69) is 10.3 Å². The molecule has 1 aromatic heterocycles. The summed E-state index contributed by atoms with van der Waals surface area (Å²) in [5.41, 5.74) is 9.62. The number of nitrogen functional groups attached to an aromatic ring is 1. The molecule has 0 radical (unpaired) electrons. The Kier molecular flexibility index (Phi) is 3.23. The van der Waals surface area contributed by atoms with Crippen molar-refractivity contribution >= 4 is 11.5 Å². The van der Waals surface area contributed by atoms with Gasteiger partial charge in [-0.2, -0.15) is 0 Å². The summed E-state index contributed by atoms with van der Waals surface area (Å²) in [6.45, 7) is 1.55. The number of nitrogens with zero attached hydrogens (tertiary/aromatic N) is 3. The van der Waals surface area contributed by atoms with Gasteiger partial charge in [0.1, 0.15) is 5.69 Å². The minimum Gasteiger partial charge on any atom is -0.399 e. The lowest BCUT2D eigenvalue weighted by atomic mass is 10.1. The van der Waals surface area contributed by atoms with Crippen molar-refractivity contribution in [3.05, 3.63) is 60.3 Å². The Morgan fingerprint density at radius 2 is 1.71 bits per heavy atom. The molecule has 0 aliphatic rings. The fraction of sp³-hybridized carbons (Fsp3) is 0.0625. The van der Waals surface area contributed by atoms with E-state index in [9.17, 15) is 4.79 Å². The van der Waals surface area contributed by atoms with Gasteiger partial charge in [0.2, 0.25) is 0 Å². The molecule has 0 saturated carbocycles. The van der Waals surface area contributed by atoms with Crippen LogP contribution in [-0.4, -0.2) is 20.8 Å². The molecule has 2 aromatic carbocycles. The van der Waals surface area contributed by atoms with Crippen LogP contribution >= 0.6 is 0 Å². The molecule has 3 aromatic rings. The van der Waals surface area contributed by atoms with Crippen molar-refractivity contribution in [2.75, 3.05) is 5.73 Å². The highest BCUT2D eigenvalue weighted by molar-refractivity contribution is 5.94. The van der Waals surface area contributed by atoms with E-state index in [0.717, 1.165) is 16.9 Å². The van der Waals surface area contributed by atoms with Crippen LogP contribution in [-0.2, 0) is 0 Å². The van der Waals surface area contributed by atoms with Gasteiger partial charge in [-0.05, 0) is 31.2 Å². The summed E-state index contributed by atoms with van der Waals surface area (Å²) >= 11 is 0. The van der Waals surface area contributed by atoms with Crippen LogP contribution in [0.15, 0.2) is 54.7 Å². The van der Waals surface area contributed by atoms with Crippen LogP contribution in [0.5, 0.6) is 0 Å². The predicted molar refractivity (Wildman–Crippen MR) is 81.2 cm³/mol. The lowest BCUT2D eigenvalue weighted by Crippen LogP contribution is -1.95. The molecule has 3 rings (SSSR count). The van der Waals surface area contributed by atoms with E-state index in [4.69, 9.17) is 5.73 Å². The zero-order valence-electron chi connectivity index (χ0n) is 11.5. The van der Waals surface area contributed by atoms with Crippen LogP contribution in [0.2, 0.25) is 0 Å². The number of Topliss-reactive ketones (excluding diaryl/α,β-unsaturated/α-hetero) is 1. The Balaban J connectivity index is 1.90. The molecular weight excluding hydrogens is 264 g/mol. The first-order valence-electron chi connectivity index (χ1n) is 6.53. The Morgan fingerprint density at radius 3 is 2.33 bits per heavy atom. The highest BCUT2D eigenvalue weighted by Crippen LogP contribution is 2.19. The summed E-state index contributed by atoms with van der Waals surface area (Å²) in [7, 11) is 0. The summed E-state index contributed by atoms with van der Waals surface area (Å²) in [6.07, 6.45) is 1.84. The number of carbonyl (C=O) groups is 1. The number of hydrogen-bond donors (Lipinski definition) is 1. The van der Waals surface area contributed by atoms with Gasteiger partial charge in [0.25, 0.3) is 0 Å². The van der Waals surface area contributed by atoms with Gasteiger partial charge in [-0.15, -0.1) is 5.10 Å². The number of ketones is 1. The number of nitrogens with two attached hydrogens (primary N) is 1. The number of carbonyl (C=O) groups excluding carboxylic acids is 1. The van der Waals surface area contributed by atoms with E-state index in [1.807, 2.05) is 42.6 Å². The first kappa shape index (κ1) is 13.1. The third-order valence-electron chi connectivity index (χ3n) is 3.24. The smallest absolute Gasteiger partial charge is 0.159 e. The van der Waals surface area contributed by atoms with Crippen molar-refractivity contribution in [2.45, 2.75) is 6.92 Å². The molecule has 0 saturated heterocycles. The standard InChI is InChI=1S/C16H14N4O/c1-11(21)12-2-4-13(5-3-12)16-10-20(19-18-16)15-8-6-14(17)7-9-15/h2-10H,17H2,1H3. The molecule has 2 N–H and O–H groups in total. The monoisotopic (exact) mass is 278 g/mol. The lowest BCUT2D eigenvalue weighted by molar-refractivity contribution is 0.101. The average molecular weight is 278 g/mol. The zero-order chi connectivity index (χ0) is 14.8. The van der Waals surface area contributed by atoms with Crippen molar-refractivity contribution in [3.63, 3.8) is 0 Å². The highest BCUT2D eigenvalue weighted by Gasteiger charge is 2.06. The van der Waals surface area contributed by atoms with Crippen molar-refractivity contribution in [1.29, 1.82) is 0 Å². The van der Waals surface area contributed by atoms with Crippen molar-refractivity contribution in [1.82, 2.24) is 15.0 Å². The molecule has 5 heteroatoms. The average Bonchev–Trinajstić information content (AvgIpc) is 2.98. The second kappa shape index (κ2) is 5.20. The summed E-state index contributed by atoms with van der Waals surface area (Å²) in [5, 5.41) is 8.27. The van der Waals surface area contributed by atoms with Crippen LogP contribution in [0, 0.1) is 0 Å². The van der Waals surface area contributed by atoms with Gasteiger partial charge in [0, 0.05) is 16.8 Å². The molecule has 0 bridgehead atoms. The zero-order valence-corrected chi connectivity index (χ0v) is 11.5. The molecule has 0 spiro atoms. The number of rotatable bonds is 3. The first-order valence-corrected chi connectivity index (χ1v) is 6.53. The summed E-state index contributed by atoms with van der Waals surface area (Å²) in [6, 6.07) is 14.7. The maximum Gasteiger partial charge on any atom is 0.159 e. The minimum atomic E-state index is 0.0482. The van der Waals surface area contributed by atoms with Gasteiger partial charge in [0.15, 0.2) is 5.78 Å².